The highest BCUT2D eigenvalue weighted by Gasteiger charge is 2.20. The predicted molar refractivity (Wildman–Crippen MR) is 73.2 cm³/mol. The fourth-order valence-corrected chi connectivity index (χ4v) is 3.88. The van der Waals surface area contributed by atoms with E-state index in [0.29, 0.717) is 0 Å². The number of hydrogen-bond acceptors (Lipinski definition) is 4. The molecule has 0 aromatic heterocycles. The van der Waals surface area contributed by atoms with Crippen LogP contribution in [-0.2, 0) is 13.8 Å². The van der Waals surface area contributed by atoms with E-state index in [1.54, 1.807) is 29.5 Å². The average molecular weight is 409 g/mol. The molecule has 94 valence electrons. The molecule has 0 aliphatic rings. The second-order valence-electron chi connectivity index (χ2n) is 2.93. The molecule has 17 heavy (non-hydrogen) atoms. The Morgan fingerprint density at radius 2 is 2.06 bits per heavy atom. The average Bonchev–Trinajstić information content (AvgIpc) is 2.20. The molecular formula is C9H7Cl2IO4S. The molecule has 0 atom stereocenters. The number of rotatable bonds is 3. The summed E-state index contributed by atoms with van der Waals surface area (Å²) in [5.74, 6) is -0.646. The topological polar surface area (TPSA) is 60.4 Å². The molecule has 0 aliphatic carbocycles. The van der Waals surface area contributed by atoms with Gasteiger partial charge >= 0.3 is 5.97 Å². The minimum Gasteiger partial charge on any atom is -0.462 e. The first kappa shape index (κ1) is 15.0. The van der Waals surface area contributed by atoms with Crippen LogP contribution < -0.4 is 0 Å². The molecule has 0 saturated carbocycles. The van der Waals surface area contributed by atoms with Gasteiger partial charge in [-0.05, 0) is 41.6 Å². The molecule has 0 amide bonds. The predicted octanol–water partition coefficient (Wildman–Crippen LogP) is 3.05. The van der Waals surface area contributed by atoms with Crippen molar-refractivity contribution < 1.29 is 17.9 Å². The minimum absolute atomic E-state index is 0.0523. The van der Waals surface area contributed by atoms with Crippen LogP contribution in [-0.4, -0.2) is 21.0 Å². The van der Waals surface area contributed by atoms with Crippen molar-refractivity contribution in [1.82, 2.24) is 0 Å². The molecule has 0 unspecified atom stereocenters. The van der Waals surface area contributed by atoms with Crippen LogP contribution in [0.25, 0.3) is 0 Å². The summed E-state index contributed by atoms with van der Waals surface area (Å²) in [6.45, 7) is 1.83. The first-order chi connectivity index (χ1) is 7.77. The molecule has 0 N–H and O–H groups in total. The summed E-state index contributed by atoms with van der Waals surface area (Å²) in [6, 6.07) is 2.49. The van der Waals surface area contributed by atoms with Gasteiger partial charge < -0.3 is 4.74 Å². The number of benzene rings is 1. The Morgan fingerprint density at radius 1 is 1.47 bits per heavy atom. The molecule has 4 nitrogen and oxygen atoms in total. The van der Waals surface area contributed by atoms with Crippen LogP contribution in [0.1, 0.15) is 17.3 Å². The molecule has 8 heteroatoms. The van der Waals surface area contributed by atoms with Crippen molar-refractivity contribution in [2.45, 2.75) is 11.8 Å². The third-order valence-electron chi connectivity index (χ3n) is 1.77. The third-order valence-corrected chi connectivity index (χ3v) is 5.26. The van der Waals surface area contributed by atoms with Crippen molar-refractivity contribution >= 4 is 59.9 Å². The van der Waals surface area contributed by atoms with Gasteiger partial charge in [-0.2, -0.15) is 0 Å². The fourth-order valence-electron chi connectivity index (χ4n) is 1.07. The Bertz CT molecular complexity index is 556. The van der Waals surface area contributed by atoms with Crippen LogP contribution in [0.15, 0.2) is 17.0 Å². The summed E-state index contributed by atoms with van der Waals surface area (Å²) in [5, 5.41) is 0.135. The van der Waals surface area contributed by atoms with Crippen molar-refractivity contribution in [1.29, 1.82) is 0 Å². The van der Waals surface area contributed by atoms with Crippen LogP contribution in [0.4, 0.5) is 0 Å². The summed E-state index contributed by atoms with van der Waals surface area (Å²) >= 11 is 7.57. The zero-order valence-electron chi connectivity index (χ0n) is 8.54. The van der Waals surface area contributed by atoms with Crippen LogP contribution in [0, 0.1) is 3.57 Å². The Kier molecular flexibility index (Phi) is 5.06. The number of esters is 1. The smallest absolute Gasteiger partial charge is 0.338 e. The van der Waals surface area contributed by atoms with E-state index >= 15 is 0 Å². The van der Waals surface area contributed by atoms with Crippen molar-refractivity contribution in [2.75, 3.05) is 6.61 Å². The number of carbonyl (C=O) groups is 1. The van der Waals surface area contributed by atoms with Crippen molar-refractivity contribution in [3.05, 3.63) is 26.3 Å². The highest BCUT2D eigenvalue weighted by Crippen LogP contribution is 2.30. The quantitative estimate of drug-likeness (QED) is 0.438. The van der Waals surface area contributed by atoms with Gasteiger partial charge in [0.25, 0.3) is 9.05 Å². The van der Waals surface area contributed by atoms with E-state index in [4.69, 9.17) is 27.0 Å². The standard InChI is InChI=1S/C9H7Cl2IO4S/c1-2-16-9(13)5-3-6(10)8(12)7(4-5)17(11,14)15/h3-4H,2H2,1H3. The SMILES string of the molecule is CCOC(=O)c1cc(Cl)c(I)c(S(=O)(=O)Cl)c1. The molecule has 1 aromatic rings. The lowest BCUT2D eigenvalue weighted by atomic mass is 10.2. The molecule has 0 fully saturated rings. The van der Waals surface area contributed by atoms with E-state index in [-0.39, 0.29) is 25.7 Å². The maximum Gasteiger partial charge on any atom is 0.338 e. The van der Waals surface area contributed by atoms with Crippen LogP contribution in [0.3, 0.4) is 0 Å². The van der Waals surface area contributed by atoms with Crippen molar-refractivity contribution in [3.8, 4) is 0 Å². The fraction of sp³-hybridized carbons (Fsp3) is 0.222. The third kappa shape index (κ3) is 3.70. The number of carbonyl (C=O) groups excluding carboxylic acids is 1. The highest BCUT2D eigenvalue weighted by molar-refractivity contribution is 14.1. The van der Waals surface area contributed by atoms with Gasteiger partial charge in [0.05, 0.1) is 25.7 Å². The lowest BCUT2D eigenvalue weighted by Crippen LogP contribution is -2.07. The van der Waals surface area contributed by atoms with Crippen LogP contribution in [0.2, 0.25) is 5.02 Å². The van der Waals surface area contributed by atoms with Crippen LogP contribution in [0.5, 0.6) is 0 Å². The first-order valence-corrected chi connectivity index (χ1v) is 8.14. The largest absolute Gasteiger partial charge is 0.462 e. The first-order valence-electron chi connectivity index (χ1n) is 4.38. The summed E-state index contributed by atoms with van der Waals surface area (Å²) in [4.78, 5) is 11.3. The zero-order chi connectivity index (χ0) is 13.2. The second kappa shape index (κ2) is 5.73. The molecular weight excluding hydrogens is 402 g/mol. The number of ether oxygens (including phenoxy) is 1. The van der Waals surface area contributed by atoms with E-state index in [2.05, 4.69) is 0 Å². The van der Waals surface area contributed by atoms with E-state index in [9.17, 15) is 13.2 Å². The Hall–Kier alpha value is -0.0500. The summed E-state index contributed by atoms with van der Waals surface area (Å²) in [6.07, 6.45) is 0. The molecule has 0 bridgehead atoms. The van der Waals surface area contributed by atoms with E-state index in [0.717, 1.165) is 6.07 Å². The Labute approximate surface area is 122 Å². The molecule has 0 spiro atoms. The van der Waals surface area contributed by atoms with Gasteiger partial charge in [-0.15, -0.1) is 0 Å². The van der Waals surface area contributed by atoms with E-state index in [1.165, 1.54) is 6.07 Å². The second-order valence-corrected chi connectivity index (χ2v) is 6.95. The van der Waals surface area contributed by atoms with E-state index < -0.39 is 15.0 Å². The summed E-state index contributed by atoms with van der Waals surface area (Å²) < 4.78 is 27.6. The van der Waals surface area contributed by atoms with Gasteiger partial charge in [-0.3, -0.25) is 0 Å². The van der Waals surface area contributed by atoms with Gasteiger partial charge in [0.2, 0.25) is 0 Å². The summed E-state index contributed by atoms with van der Waals surface area (Å²) in [7, 11) is 1.29. The van der Waals surface area contributed by atoms with Gasteiger partial charge in [0, 0.05) is 10.7 Å². The van der Waals surface area contributed by atoms with Gasteiger partial charge in [-0.25, -0.2) is 13.2 Å². The molecule has 0 aliphatic heterocycles. The normalized spacial score (nSPS) is 11.3. The maximum atomic E-state index is 11.5. The minimum atomic E-state index is -3.95. The highest BCUT2D eigenvalue weighted by atomic mass is 127. The number of hydrogen-bond donors (Lipinski definition) is 0. The molecule has 0 radical (unpaired) electrons. The molecule has 0 saturated heterocycles. The molecule has 1 rings (SSSR count). The van der Waals surface area contributed by atoms with Crippen molar-refractivity contribution in [3.63, 3.8) is 0 Å². The Morgan fingerprint density at radius 3 is 2.53 bits per heavy atom. The zero-order valence-corrected chi connectivity index (χ0v) is 13.0. The van der Waals surface area contributed by atoms with E-state index in [1.807, 2.05) is 0 Å². The molecule has 0 heterocycles. The monoisotopic (exact) mass is 408 g/mol. The lowest BCUT2D eigenvalue weighted by molar-refractivity contribution is 0.0526. The maximum absolute atomic E-state index is 11.5. The van der Waals surface area contributed by atoms with Gasteiger partial charge in [-0.1, -0.05) is 11.6 Å². The summed E-state index contributed by atoms with van der Waals surface area (Å²) in [5.41, 5.74) is 0.0523. The van der Waals surface area contributed by atoms with Gasteiger partial charge in [0.15, 0.2) is 0 Å². The van der Waals surface area contributed by atoms with Crippen molar-refractivity contribution in [2.24, 2.45) is 0 Å². The Balaban J connectivity index is 3.39. The molecule has 1 aromatic carbocycles. The number of halogens is 3. The lowest BCUT2D eigenvalue weighted by Gasteiger charge is -2.07. The van der Waals surface area contributed by atoms with Gasteiger partial charge in [0.1, 0.15) is 0 Å². The van der Waals surface area contributed by atoms with Crippen LogP contribution >= 0.6 is 44.9 Å².